The van der Waals surface area contributed by atoms with Crippen molar-refractivity contribution >= 4 is 5.91 Å². The van der Waals surface area contributed by atoms with Gasteiger partial charge in [0.2, 0.25) is 5.91 Å². The topological polar surface area (TPSA) is 58.4 Å². The summed E-state index contributed by atoms with van der Waals surface area (Å²) >= 11 is 0. The lowest BCUT2D eigenvalue weighted by atomic mass is 10.0. The lowest BCUT2D eigenvalue weighted by Gasteiger charge is -2.32. The van der Waals surface area contributed by atoms with E-state index >= 15 is 0 Å². The molecule has 4 heteroatoms. The summed E-state index contributed by atoms with van der Waals surface area (Å²) in [6.07, 6.45) is 2.67. The number of nitrogens with one attached hydrogen (secondary N) is 1. The summed E-state index contributed by atoms with van der Waals surface area (Å²) in [6.45, 7) is 6.76. The van der Waals surface area contributed by atoms with E-state index in [1.165, 1.54) is 12.8 Å². The summed E-state index contributed by atoms with van der Waals surface area (Å²) in [5, 5.41) is 3.02. The zero-order valence-corrected chi connectivity index (χ0v) is 10.0. The van der Waals surface area contributed by atoms with Gasteiger partial charge in [-0.15, -0.1) is 0 Å². The van der Waals surface area contributed by atoms with Gasteiger partial charge in [-0.05, 0) is 39.3 Å². The molecule has 1 aliphatic rings. The molecule has 0 spiro atoms. The van der Waals surface area contributed by atoms with Gasteiger partial charge >= 0.3 is 0 Å². The van der Waals surface area contributed by atoms with E-state index in [0.717, 1.165) is 19.0 Å². The van der Waals surface area contributed by atoms with Crippen molar-refractivity contribution in [3.63, 3.8) is 0 Å². The predicted octanol–water partition coefficient (Wildman–Crippen LogP) is 0.182. The maximum Gasteiger partial charge on any atom is 0.238 e. The summed E-state index contributed by atoms with van der Waals surface area (Å²) in [7, 11) is 1.79. The first-order valence-electron chi connectivity index (χ1n) is 5.73. The number of carbonyl (C=O) groups is 1. The minimum atomic E-state index is -0.606. The first kappa shape index (κ1) is 12.5. The molecule has 0 aromatic carbocycles. The second-order valence-electron chi connectivity index (χ2n) is 4.72. The quantitative estimate of drug-likeness (QED) is 0.634. The van der Waals surface area contributed by atoms with Crippen LogP contribution in [0.5, 0.6) is 0 Å². The summed E-state index contributed by atoms with van der Waals surface area (Å²) in [6, 6.07) is 0. The van der Waals surface area contributed by atoms with Gasteiger partial charge in [0, 0.05) is 13.1 Å². The van der Waals surface area contributed by atoms with E-state index in [1.807, 2.05) is 6.92 Å². The molecule has 0 saturated heterocycles. The first-order chi connectivity index (χ1) is 7.01. The molecule has 1 rings (SSSR count). The summed E-state index contributed by atoms with van der Waals surface area (Å²) in [5.74, 6) is 0.568. The molecule has 1 aliphatic carbocycles. The largest absolute Gasteiger partial charge is 0.368 e. The molecule has 1 amide bonds. The number of nitrogens with zero attached hydrogens (tertiary/aromatic N) is 1. The highest BCUT2D eigenvalue weighted by atomic mass is 16.1. The Morgan fingerprint density at radius 3 is 2.53 bits per heavy atom. The Morgan fingerprint density at radius 2 is 2.20 bits per heavy atom. The molecule has 88 valence electrons. The van der Waals surface area contributed by atoms with Crippen LogP contribution in [0.25, 0.3) is 0 Å². The van der Waals surface area contributed by atoms with Crippen LogP contribution in [-0.2, 0) is 4.79 Å². The van der Waals surface area contributed by atoms with E-state index < -0.39 is 5.54 Å². The summed E-state index contributed by atoms with van der Waals surface area (Å²) in [4.78, 5) is 13.6. The molecular weight excluding hydrogens is 190 g/mol. The van der Waals surface area contributed by atoms with Crippen LogP contribution in [-0.4, -0.2) is 43.0 Å². The van der Waals surface area contributed by atoms with Gasteiger partial charge in [0.05, 0.1) is 0 Å². The Kier molecular flexibility index (Phi) is 4.11. The highest BCUT2D eigenvalue weighted by Crippen LogP contribution is 2.29. The molecule has 0 aromatic heterocycles. The number of nitrogens with two attached hydrogens (primary N) is 1. The fourth-order valence-corrected chi connectivity index (χ4v) is 1.70. The van der Waals surface area contributed by atoms with Crippen molar-refractivity contribution in [2.24, 2.45) is 11.7 Å². The van der Waals surface area contributed by atoms with E-state index in [0.29, 0.717) is 6.54 Å². The Morgan fingerprint density at radius 1 is 1.60 bits per heavy atom. The molecule has 0 bridgehead atoms. The molecule has 0 radical (unpaired) electrons. The fourth-order valence-electron chi connectivity index (χ4n) is 1.70. The van der Waals surface area contributed by atoms with Gasteiger partial charge in [-0.25, -0.2) is 0 Å². The van der Waals surface area contributed by atoms with Gasteiger partial charge in [0.1, 0.15) is 5.54 Å². The zero-order chi connectivity index (χ0) is 11.5. The molecule has 1 atom stereocenters. The standard InChI is InChI=1S/C11H23N3O/c1-4-14(7-9-5-6-9)8-11(2,13-3)10(12)15/h9,13H,4-8H2,1-3H3,(H2,12,15). The van der Waals surface area contributed by atoms with E-state index in [1.54, 1.807) is 7.05 Å². The van der Waals surface area contributed by atoms with Crippen LogP contribution < -0.4 is 11.1 Å². The molecule has 1 fully saturated rings. The average Bonchev–Trinajstić information content (AvgIpc) is 3.00. The number of rotatable bonds is 7. The number of hydrogen-bond acceptors (Lipinski definition) is 3. The summed E-state index contributed by atoms with van der Waals surface area (Å²) in [5.41, 5.74) is 4.80. The number of carbonyl (C=O) groups excluding carboxylic acids is 1. The van der Waals surface area contributed by atoms with Crippen LogP contribution in [0.2, 0.25) is 0 Å². The number of hydrogen-bond donors (Lipinski definition) is 2. The van der Waals surface area contributed by atoms with Gasteiger partial charge < -0.3 is 16.0 Å². The Balaban J connectivity index is 2.49. The molecule has 0 heterocycles. The molecule has 15 heavy (non-hydrogen) atoms. The van der Waals surface area contributed by atoms with E-state index in [-0.39, 0.29) is 5.91 Å². The van der Waals surface area contributed by atoms with Crippen molar-refractivity contribution in [1.29, 1.82) is 0 Å². The van der Waals surface area contributed by atoms with Crippen molar-refractivity contribution in [3.05, 3.63) is 0 Å². The maximum atomic E-state index is 11.3. The molecule has 3 N–H and O–H groups in total. The van der Waals surface area contributed by atoms with Crippen LogP contribution >= 0.6 is 0 Å². The Hall–Kier alpha value is -0.610. The third-order valence-electron chi connectivity index (χ3n) is 3.30. The van der Waals surface area contributed by atoms with Gasteiger partial charge in [-0.3, -0.25) is 4.79 Å². The van der Waals surface area contributed by atoms with Crippen LogP contribution in [0, 0.1) is 5.92 Å². The zero-order valence-electron chi connectivity index (χ0n) is 10.0. The molecule has 0 aromatic rings. The van der Waals surface area contributed by atoms with Crippen LogP contribution in [0.15, 0.2) is 0 Å². The maximum absolute atomic E-state index is 11.3. The second-order valence-corrected chi connectivity index (χ2v) is 4.72. The van der Waals surface area contributed by atoms with Crippen molar-refractivity contribution in [2.75, 3.05) is 26.7 Å². The molecule has 1 saturated carbocycles. The van der Waals surface area contributed by atoms with E-state index in [4.69, 9.17) is 5.73 Å². The van der Waals surface area contributed by atoms with E-state index in [9.17, 15) is 4.79 Å². The van der Waals surface area contributed by atoms with Gasteiger partial charge in [-0.1, -0.05) is 6.92 Å². The van der Waals surface area contributed by atoms with E-state index in [2.05, 4.69) is 17.1 Å². The van der Waals surface area contributed by atoms with Crippen LogP contribution in [0.1, 0.15) is 26.7 Å². The van der Waals surface area contributed by atoms with Crippen molar-refractivity contribution in [1.82, 2.24) is 10.2 Å². The molecule has 1 unspecified atom stereocenters. The van der Waals surface area contributed by atoms with Gasteiger partial charge in [0.15, 0.2) is 0 Å². The lowest BCUT2D eigenvalue weighted by Crippen LogP contribution is -2.58. The normalized spacial score (nSPS) is 20.3. The van der Waals surface area contributed by atoms with Gasteiger partial charge in [-0.2, -0.15) is 0 Å². The Bertz CT molecular complexity index is 228. The smallest absolute Gasteiger partial charge is 0.238 e. The first-order valence-corrected chi connectivity index (χ1v) is 5.73. The van der Waals surface area contributed by atoms with Crippen LogP contribution in [0.3, 0.4) is 0 Å². The SMILES string of the molecule is CCN(CC1CC1)CC(C)(NC)C(N)=O. The third-order valence-corrected chi connectivity index (χ3v) is 3.30. The average molecular weight is 213 g/mol. The van der Waals surface area contributed by atoms with Crippen molar-refractivity contribution in [3.8, 4) is 0 Å². The predicted molar refractivity (Wildman–Crippen MR) is 61.5 cm³/mol. The second kappa shape index (κ2) is 4.94. The number of primary amides is 1. The Labute approximate surface area is 92.2 Å². The summed E-state index contributed by atoms with van der Waals surface area (Å²) < 4.78 is 0. The third kappa shape index (κ3) is 3.47. The minimum absolute atomic E-state index is 0.278. The van der Waals surface area contributed by atoms with Crippen LogP contribution in [0.4, 0.5) is 0 Å². The van der Waals surface area contributed by atoms with Crippen molar-refractivity contribution in [2.45, 2.75) is 32.2 Å². The minimum Gasteiger partial charge on any atom is -0.368 e. The lowest BCUT2D eigenvalue weighted by molar-refractivity contribution is -0.124. The fraction of sp³-hybridized carbons (Fsp3) is 0.909. The monoisotopic (exact) mass is 213 g/mol. The van der Waals surface area contributed by atoms with Crippen molar-refractivity contribution < 1.29 is 4.79 Å². The van der Waals surface area contributed by atoms with Gasteiger partial charge in [0.25, 0.3) is 0 Å². The molecule has 0 aliphatic heterocycles. The highest BCUT2D eigenvalue weighted by molar-refractivity contribution is 5.84. The number of likely N-dealkylation sites (N-methyl/N-ethyl adjacent to an activating group) is 2. The highest BCUT2D eigenvalue weighted by Gasteiger charge is 2.33. The molecular formula is C11H23N3O. The number of amides is 1. The molecule has 4 nitrogen and oxygen atoms in total.